The van der Waals surface area contributed by atoms with E-state index in [2.05, 4.69) is 26.2 Å². The second-order valence-corrected chi connectivity index (χ2v) is 9.04. The number of nitrogens with zero attached hydrogens (tertiary/aromatic N) is 4. The summed E-state index contributed by atoms with van der Waals surface area (Å²) in [5.74, 6) is -0.0426. The van der Waals surface area contributed by atoms with E-state index in [0.717, 1.165) is 58.2 Å². The number of Topliss-reactive ketones (excluding diaryl/α,β-unsaturated/α-hetero) is 1. The van der Waals surface area contributed by atoms with Crippen LogP contribution in [-0.2, 0) is 16.0 Å². The third-order valence-corrected chi connectivity index (χ3v) is 6.96. The van der Waals surface area contributed by atoms with Crippen LogP contribution in [-0.4, -0.2) is 49.3 Å². The van der Waals surface area contributed by atoms with E-state index in [1.165, 1.54) is 6.42 Å². The molecule has 0 spiro atoms. The highest BCUT2D eigenvalue weighted by Gasteiger charge is 2.41. The first-order valence-corrected chi connectivity index (χ1v) is 11.3. The minimum Gasteiger partial charge on any atom is -0.333 e. The number of carbonyl (C=O) groups excluding carboxylic acids is 2. The Kier molecular flexibility index (Phi) is 4.75. The first-order valence-electron chi connectivity index (χ1n) is 11.3. The van der Waals surface area contributed by atoms with Gasteiger partial charge in [0.05, 0.1) is 6.20 Å². The lowest BCUT2D eigenvalue weighted by Gasteiger charge is -2.26. The summed E-state index contributed by atoms with van der Waals surface area (Å²) in [7, 11) is 0. The lowest BCUT2D eigenvalue weighted by Crippen LogP contribution is -2.42. The fraction of sp³-hybridized carbons (Fsp3) is 0.269. The van der Waals surface area contributed by atoms with Gasteiger partial charge in [0.25, 0.3) is 5.91 Å². The largest absolute Gasteiger partial charge is 0.333 e. The first-order chi connectivity index (χ1) is 16.2. The van der Waals surface area contributed by atoms with E-state index in [9.17, 15) is 9.59 Å². The zero-order valence-corrected chi connectivity index (χ0v) is 18.1. The second kappa shape index (κ2) is 7.92. The summed E-state index contributed by atoms with van der Waals surface area (Å²) in [6.45, 7) is 0.750. The molecule has 0 radical (unpaired) electrons. The summed E-state index contributed by atoms with van der Waals surface area (Å²) >= 11 is 0. The molecule has 2 fully saturated rings. The molecular formula is C26H23N5O2. The van der Waals surface area contributed by atoms with Gasteiger partial charge in [0.1, 0.15) is 0 Å². The van der Waals surface area contributed by atoms with E-state index in [4.69, 9.17) is 0 Å². The number of amides is 1. The van der Waals surface area contributed by atoms with Gasteiger partial charge in [-0.3, -0.25) is 19.7 Å². The molecule has 2 unspecified atom stereocenters. The first kappa shape index (κ1) is 19.8. The van der Waals surface area contributed by atoms with Crippen LogP contribution in [0, 0.1) is 5.92 Å². The smallest absolute Gasteiger partial charge is 0.290 e. The van der Waals surface area contributed by atoms with Gasteiger partial charge in [-0.1, -0.05) is 24.3 Å². The molecule has 1 N–H and O–H groups in total. The highest BCUT2D eigenvalue weighted by molar-refractivity contribution is 6.36. The monoisotopic (exact) mass is 437 g/mol. The Balaban J connectivity index is 1.19. The van der Waals surface area contributed by atoms with Crippen LogP contribution in [0.5, 0.6) is 0 Å². The van der Waals surface area contributed by atoms with Crippen molar-refractivity contribution in [2.24, 2.45) is 5.92 Å². The predicted molar refractivity (Wildman–Crippen MR) is 124 cm³/mol. The average Bonchev–Trinajstić information content (AvgIpc) is 3.61. The molecule has 7 nitrogen and oxygen atoms in total. The van der Waals surface area contributed by atoms with Gasteiger partial charge in [0, 0.05) is 54.1 Å². The highest BCUT2D eigenvalue weighted by atomic mass is 16.2. The van der Waals surface area contributed by atoms with Crippen LogP contribution < -0.4 is 0 Å². The Morgan fingerprint density at radius 2 is 1.85 bits per heavy atom. The van der Waals surface area contributed by atoms with Crippen LogP contribution in [0.1, 0.15) is 24.8 Å². The molecule has 4 aromatic rings. The fourth-order valence-corrected chi connectivity index (χ4v) is 5.26. The molecule has 1 aromatic carbocycles. The van der Waals surface area contributed by atoms with Crippen molar-refractivity contribution in [3.63, 3.8) is 0 Å². The van der Waals surface area contributed by atoms with Crippen molar-refractivity contribution in [2.75, 3.05) is 6.54 Å². The number of rotatable bonds is 5. The number of likely N-dealkylation sites (tertiary alicyclic amines) is 1. The van der Waals surface area contributed by atoms with Gasteiger partial charge in [-0.15, -0.1) is 0 Å². The van der Waals surface area contributed by atoms with E-state index in [0.29, 0.717) is 5.92 Å². The number of ketones is 1. The number of fused-ring (bicyclic) bond motifs is 3. The van der Waals surface area contributed by atoms with E-state index in [1.807, 2.05) is 42.7 Å². The summed E-state index contributed by atoms with van der Waals surface area (Å²) in [6.07, 6.45) is 10.6. The van der Waals surface area contributed by atoms with E-state index >= 15 is 0 Å². The van der Waals surface area contributed by atoms with Crippen LogP contribution in [0.2, 0.25) is 0 Å². The third kappa shape index (κ3) is 3.59. The van der Waals surface area contributed by atoms with Crippen LogP contribution in [0.3, 0.4) is 0 Å². The maximum Gasteiger partial charge on any atom is 0.290 e. The van der Waals surface area contributed by atoms with Gasteiger partial charge >= 0.3 is 0 Å². The standard InChI is InChI=1S/C26H23N5O2/c32-24(26(33)31-15-17-3-6-21(31)9-17)10-16-1-4-18(5-2-16)19-11-20(13-27-12-19)22-7-8-28-25-23(22)14-29-30-25/h1-2,4-5,7-8,11-14,17,21H,3,6,9-10,15H2,(H,28,29,30). The van der Waals surface area contributed by atoms with Crippen molar-refractivity contribution in [2.45, 2.75) is 31.7 Å². The molecule has 2 bridgehead atoms. The van der Waals surface area contributed by atoms with Crippen LogP contribution >= 0.6 is 0 Å². The molecule has 3 aromatic heterocycles. The fourth-order valence-electron chi connectivity index (χ4n) is 5.26. The molecule has 33 heavy (non-hydrogen) atoms. The number of carbonyl (C=O) groups is 2. The molecule has 1 amide bonds. The van der Waals surface area contributed by atoms with Crippen molar-refractivity contribution >= 4 is 22.7 Å². The van der Waals surface area contributed by atoms with Gasteiger partial charge in [-0.2, -0.15) is 5.10 Å². The Labute approximate surface area is 190 Å². The number of aromatic amines is 1. The Hall–Kier alpha value is -3.87. The minimum absolute atomic E-state index is 0.140. The number of pyridine rings is 2. The van der Waals surface area contributed by atoms with Crippen LogP contribution in [0.4, 0.5) is 0 Å². The molecule has 1 aliphatic carbocycles. The summed E-state index contributed by atoms with van der Waals surface area (Å²) in [6, 6.07) is 12.1. The maximum absolute atomic E-state index is 12.6. The average molecular weight is 438 g/mol. The third-order valence-electron chi connectivity index (χ3n) is 6.96. The quantitative estimate of drug-likeness (QED) is 0.480. The van der Waals surface area contributed by atoms with E-state index in [1.54, 1.807) is 17.3 Å². The molecule has 1 aliphatic heterocycles. The number of nitrogens with one attached hydrogen (secondary N) is 1. The summed E-state index contributed by atoms with van der Waals surface area (Å²) < 4.78 is 0. The van der Waals surface area contributed by atoms with Gasteiger partial charge in [0.15, 0.2) is 5.65 Å². The lowest BCUT2D eigenvalue weighted by atomic mass is 9.99. The number of H-pyrrole nitrogens is 1. The molecule has 6 rings (SSSR count). The van der Waals surface area contributed by atoms with E-state index < -0.39 is 0 Å². The SMILES string of the molecule is O=C(Cc1ccc(-c2cncc(-c3ccnc4[nH]ncc34)c2)cc1)C(=O)N1CC2CCC1C2. The van der Waals surface area contributed by atoms with Crippen molar-refractivity contribution in [3.8, 4) is 22.3 Å². The minimum atomic E-state index is -0.319. The topological polar surface area (TPSA) is 91.8 Å². The molecule has 1 saturated carbocycles. The molecule has 2 aliphatic rings. The van der Waals surface area contributed by atoms with Gasteiger partial charge in [-0.25, -0.2) is 4.98 Å². The molecule has 164 valence electrons. The molecule has 1 saturated heterocycles. The number of hydrogen-bond donors (Lipinski definition) is 1. The Bertz CT molecular complexity index is 1360. The highest BCUT2D eigenvalue weighted by Crippen LogP contribution is 2.37. The molecular weight excluding hydrogens is 414 g/mol. The van der Waals surface area contributed by atoms with Crippen LogP contribution in [0.25, 0.3) is 33.3 Å². The molecule has 2 atom stereocenters. The zero-order chi connectivity index (χ0) is 22.4. The lowest BCUT2D eigenvalue weighted by molar-refractivity contribution is -0.145. The number of benzene rings is 1. The van der Waals surface area contributed by atoms with Crippen LogP contribution in [0.15, 0.2) is 61.2 Å². The Morgan fingerprint density at radius 3 is 2.64 bits per heavy atom. The number of aromatic nitrogens is 4. The van der Waals surface area contributed by atoms with Gasteiger partial charge in [0.2, 0.25) is 5.78 Å². The maximum atomic E-state index is 12.6. The second-order valence-electron chi connectivity index (χ2n) is 9.04. The van der Waals surface area contributed by atoms with Crippen molar-refractivity contribution in [3.05, 3.63) is 66.7 Å². The summed E-state index contributed by atoms with van der Waals surface area (Å²) in [4.78, 5) is 35.8. The van der Waals surface area contributed by atoms with Crippen molar-refractivity contribution in [1.82, 2.24) is 25.1 Å². The normalized spacial score (nSPS) is 19.3. The number of hydrogen-bond acceptors (Lipinski definition) is 5. The molecule has 7 heteroatoms. The van der Waals surface area contributed by atoms with Crippen molar-refractivity contribution in [1.29, 1.82) is 0 Å². The van der Waals surface area contributed by atoms with Gasteiger partial charge in [-0.05, 0) is 54.0 Å². The van der Waals surface area contributed by atoms with Gasteiger partial charge < -0.3 is 4.90 Å². The van der Waals surface area contributed by atoms with Crippen molar-refractivity contribution < 1.29 is 9.59 Å². The predicted octanol–water partition coefficient (Wildman–Crippen LogP) is 3.81. The zero-order valence-electron chi connectivity index (χ0n) is 18.1. The Morgan fingerprint density at radius 1 is 1.00 bits per heavy atom. The summed E-state index contributed by atoms with van der Waals surface area (Å²) in [5, 5.41) is 7.93. The molecule has 4 heterocycles. The van der Waals surface area contributed by atoms with E-state index in [-0.39, 0.29) is 24.2 Å². The summed E-state index contributed by atoms with van der Waals surface area (Å²) in [5.41, 5.74) is 5.55. The number of piperidine rings is 1.